The summed E-state index contributed by atoms with van der Waals surface area (Å²) in [6, 6.07) is 9.27. The predicted octanol–water partition coefficient (Wildman–Crippen LogP) is -0.0856. The summed E-state index contributed by atoms with van der Waals surface area (Å²) in [6.07, 6.45) is -15.1. The third-order valence-electron chi connectivity index (χ3n) is 9.73. The number of phenols is 4. The Labute approximate surface area is 335 Å². The van der Waals surface area contributed by atoms with E-state index in [0.29, 0.717) is 11.1 Å². The second kappa shape index (κ2) is 18.2. The minimum atomic E-state index is -1.98. The summed E-state index contributed by atoms with van der Waals surface area (Å²) in [4.78, 5) is 13.2. The smallest absolute Gasteiger partial charge is 0.331 e. The van der Waals surface area contributed by atoms with Crippen molar-refractivity contribution in [3.8, 4) is 46.0 Å². The molecule has 2 saturated heterocycles. The highest BCUT2D eigenvalue weighted by molar-refractivity contribution is 5.87. The van der Waals surface area contributed by atoms with Gasteiger partial charge in [-0.1, -0.05) is 6.07 Å². The molecule has 6 rings (SSSR count). The van der Waals surface area contributed by atoms with Crippen LogP contribution in [0.3, 0.4) is 0 Å². The molecule has 59 heavy (non-hydrogen) atoms. The summed E-state index contributed by atoms with van der Waals surface area (Å²) < 4.78 is 50.5. The molecule has 11 unspecified atom stereocenters. The number of aliphatic hydroxyl groups excluding tert-OH is 6. The Hall–Kier alpha value is -5.55. The van der Waals surface area contributed by atoms with Crippen LogP contribution in [0.25, 0.3) is 12.2 Å². The molecule has 0 bridgehead atoms. The lowest BCUT2D eigenvalue weighted by molar-refractivity contribution is -0.328. The number of ether oxygens (including phenoxy) is 9. The van der Waals surface area contributed by atoms with Gasteiger partial charge in [0.15, 0.2) is 41.5 Å². The molecule has 0 aromatic heterocycles. The highest BCUT2D eigenvalue weighted by Crippen LogP contribution is 2.46. The Morgan fingerprint density at radius 2 is 1.41 bits per heavy atom. The molecule has 3 aliphatic heterocycles. The van der Waals surface area contributed by atoms with Crippen LogP contribution in [0.15, 0.2) is 54.3 Å². The molecule has 0 aliphatic carbocycles. The number of hydrogen-bond donors (Lipinski definition) is 10. The van der Waals surface area contributed by atoms with Crippen molar-refractivity contribution in [3.05, 3.63) is 71.0 Å². The summed E-state index contributed by atoms with van der Waals surface area (Å²) in [6.45, 7) is -1.46. The van der Waals surface area contributed by atoms with Crippen molar-refractivity contribution in [3.63, 3.8) is 0 Å². The van der Waals surface area contributed by atoms with Gasteiger partial charge in [0.05, 0.1) is 40.1 Å². The van der Waals surface area contributed by atoms with Gasteiger partial charge in [0.25, 0.3) is 0 Å². The molecule has 0 spiro atoms. The van der Waals surface area contributed by atoms with Gasteiger partial charge in [-0.3, -0.25) is 0 Å². The van der Waals surface area contributed by atoms with Gasteiger partial charge < -0.3 is 93.7 Å². The quantitative estimate of drug-likeness (QED) is 0.0795. The van der Waals surface area contributed by atoms with Crippen LogP contribution in [-0.4, -0.2) is 153 Å². The number of methoxy groups -OCH3 is 3. The van der Waals surface area contributed by atoms with E-state index in [9.17, 15) is 55.9 Å². The van der Waals surface area contributed by atoms with E-state index in [4.69, 9.17) is 42.6 Å². The van der Waals surface area contributed by atoms with Gasteiger partial charge in [-0.15, -0.1) is 0 Å². The van der Waals surface area contributed by atoms with Crippen LogP contribution in [0.4, 0.5) is 0 Å². The minimum absolute atomic E-state index is 0.0204. The Morgan fingerprint density at radius 1 is 0.746 bits per heavy atom. The number of phenolic OH excluding ortho intramolecular Hbond substituents is 4. The molecular formula is C39H44O20. The van der Waals surface area contributed by atoms with Crippen molar-refractivity contribution in [2.24, 2.45) is 0 Å². The van der Waals surface area contributed by atoms with Crippen molar-refractivity contribution in [1.29, 1.82) is 0 Å². The number of esters is 1. The van der Waals surface area contributed by atoms with Crippen molar-refractivity contribution in [1.82, 2.24) is 0 Å². The Balaban J connectivity index is 1.30. The van der Waals surface area contributed by atoms with Gasteiger partial charge in [0.2, 0.25) is 12.0 Å². The second-order valence-electron chi connectivity index (χ2n) is 13.5. The number of benzene rings is 3. The third kappa shape index (κ3) is 9.05. The van der Waals surface area contributed by atoms with Gasteiger partial charge in [-0.05, 0) is 42.0 Å². The SMILES string of the molecule is COc1cc(C2Oc3cc(O)cc(O)c3C=C2OC2OC(COC3OC(CO)C(O)C(O)C3O)C(OC(=O)C=Cc3cc(OC)c(O)c(OC)c3)C(O)C2O)ccc1O. The molecule has 3 aliphatic rings. The molecule has 0 saturated carbocycles. The van der Waals surface area contributed by atoms with Crippen LogP contribution in [-0.2, 0) is 28.5 Å². The molecular weight excluding hydrogens is 788 g/mol. The number of carbonyl (C=O) groups excluding carboxylic acids is 1. The molecule has 3 aromatic rings. The Morgan fingerprint density at radius 3 is 2.07 bits per heavy atom. The Kier molecular flexibility index (Phi) is 13.2. The molecule has 10 N–H and O–H groups in total. The first-order valence-corrected chi connectivity index (χ1v) is 17.9. The fourth-order valence-electron chi connectivity index (χ4n) is 6.59. The highest BCUT2D eigenvalue weighted by Gasteiger charge is 2.50. The lowest BCUT2D eigenvalue weighted by Gasteiger charge is -2.44. The van der Waals surface area contributed by atoms with Crippen molar-refractivity contribution in [2.75, 3.05) is 34.5 Å². The molecule has 2 fully saturated rings. The van der Waals surface area contributed by atoms with Gasteiger partial charge in [-0.25, -0.2) is 4.79 Å². The van der Waals surface area contributed by atoms with E-state index in [0.717, 1.165) is 12.1 Å². The van der Waals surface area contributed by atoms with Gasteiger partial charge >= 0.3 is 5.97 Å². The van der Waals surface area contributed by atoms with E-state index >= 15 is 0 Å². The molecule has 320 valence electrons. The molecule has 3 aromatic carbocycles. The summed E-state index contributed by atoms with van der Waals surface area (Å²) in [5.41, 5.74) is 0.697. The zero-order valence-electron chi connectivity index (χ0n) is 31.6. The van der Waals surface area contributed by atoms with E-state index in [1.54, 1.807) is 0 Å². The molecule has 3 heterocycles. The Bertz CT molecular complexity index is 2010. The maximum Gasteiger partial charge on any atom is 0.331 e. The summed E-state index contributed by atoms with van der Waals surface area (Å²) in [5.74, 6) is -2.27. The standard InChI is InChI=1S/C39H44O20/c1-51-23-10-17(5-6-20(23)42)36-26(13-19-21(43)11-18(41)12-22(19)55-36)56-39-35(50)33(48)37(28(58-39)15-54-38-34(49)32(47)31(46)27(14-40)57-38)59-29(44)7-4-16-8-24(52-2)30(45)25(9-16)53-3/h4-13,27-28,31-43,45-50H,14-15H2,1-3H3. The van der Waals surface area contributed by atoms with Crippen LogP contribution >= 0.6 is 0 Å². The number of carbonyl (C=O) groups is 1. The first-order valence-electron chi connectivity index (χ1n) is 17.9. The predicted molar refractivity (Wildman–Crippen MR) is 197 cm³/mol. The maximum absolute atomic E-state index is 13.2. The molecule has 20 nitrogen and oxygen atoms in total. The minimum Gasteiger partial charge on any atom is -0.508 e. The first kappa shape index (κ1) is 43.0. The zero-order chi connectivity index (χ0) is 42.7. The second-order valence-corrected chi connectivity index (χ2v) is 13.5. The number of hydrogen-bond acceptors (Lipinski definition) is 20. The average molecular weight is 833 g/mol. The van der Waals surface area contributed by atoms with E-state index in [-0.39, 0.29) is 51.6 Å². The topological polar surface area (TPSA) is 302 Å². The molecule has 0 radical (unpaired) electrons. The monoisotopic (exact) mass is 832 g/mol. The number of aliphatic hydroxyl groups is 6. The number of aromatic hydroxyl groups is 4. The summed E-state index contributed by atoms with van der Waals surface area (Å²) in [7, 11) is 3.94. The number of rotatable bonds is 13. The first-order chi connectivity index (χ1) is 28.2. The van der Waals surface area contributed by atoms with Crippen molar-refractivity contribution in [2.45, 2.75) is 67.5 Å². The van der Waals surface area contributed by atoms with Crippen LogP contribution in [0, 0.1) is 0 Å². The number of fused-ring (bicyclic) bond motifs is 1. The lowest BCUT2D eigenvalue weighted by Crippen LogP contribution is -2.62. The van der Waals surface area contributed by atoms with E-state index in [2.05, 4.69) is 0 Å². The normalized spacial score (nSPS) is 29.2. The molecule has 20 heteroatoms. The van der Waals surface area contributed by atoms with E-state index in [1.807, 2.05) is 0 Å². The largest absolute Gasteiger partial charge is 0.508 e. The van der Waals surface area contributed by atoms with Crippen LogP contribution < -0.4 is 18.9 Å². The zero-order valence-corrected chi connectivity index (χ0v) is 31.6. The summed E-state index contributed by atoms with van der Waals surface area (Å²) >= 11 is 0. The molecule has 11 atom stereocenters. The van der Waals surface area contributed by atoms with Crippen LogP contribution in [0.5, 0.6) is 46.0 Å². The van der Waals surface area contributed by atoms with Gasteiger partial charge in [0, 0.05) is 23.8 Å². The fourth-order valence-corrected chi connectivity index (χ4v) is 6.59. The van der Waals surface area contributed by atoms with E-state index < -0.39 is 92.4 Å². The molecule has 0 amide bonds. The highest BCUT2D eigenvalue weighted by atomic mass is 16.7. The lowest BCUT2D eigenvalue weighted by atomic mass is 9.97. The van der Waals surface area contributed by atoms with Gasteiger partial charge in [0.1, 0.15) is 65.7 Å². The third-order valence-corrected chi connectivity index (χ3v) is 9.73. The fraction of sp³-hybridized carbons (Fsp3) is 0.410. The van der Waals surface area contributed by atoms with E-state index in [1.165, 1.54) is 69.9 Å². The summed E-state index contributed by atoms with van der Waals surface area (Å²) in [5, 5.41) is 105. The average Bonchev–Trinajstić information content (AvgIpc) is 3.22. The van der Waals surface area contributed by atoms with Gasteiger partial charge in [-0.2, -0.15) is 0 Å². The van der Waals surface area contributed by atoms with Crippen molar-refractivity contribution < 1.29 is 98.5 Å². The van der Waals surface area contributed by atoms with Crippen LogP contribution in [0.2, 0.25) is 0 Å². The van der Waals surface area contributed by atoms with Crippen LogP contribution in [0.1, 0.15) is 22.8 Å². The van der Waals surface area contributed by atoms with Crippen molar-refractivity contribution >= 4 is 18.1 Å². The maximum atomic E-state index is 13.2.